The Morgan fingerprint density at radius 2 is 1.68 bits per heavy atom. The second-order valence-corrected chi connectivity index (χ2v) is 22.0. The number of amides is 6. The summed E-state index contributed by atoms with van der Waals surface area (Å²) < 4.78 is 6.16. The van der Waals surface area contributed by atoms with E-state index >= 15 is 0 Å². The summed E-state index contributed by atoms with van der Waals surface area (Å²) in [5.41, 5.74) is 2.88. The molecule has 5 N–H and O–H groups in total. The van der Waals surface area contributed by atoms with Gasteiger partial charge in [0.05, 0.1) is 28.8 Å². The van der Waals surface area contributed by atoms with Crippen LogP contribution >= 0.6 is 12.6 Å². The highest BCUT2D eigenvalue weighted by Crippen LogP contribution is 2.35. The number of anilines is 4. The van der Waals surface area contributed by atoms with Crippen molar-refractivity contribution in [1.82, 2.24) is 35.7 Å². The van der Waals surface area contributed by atoms with Crippen molar-refractivity contribution in [3.8, 4) is 0 Å². The fourth-order valence-corrected chi connectivity index (χ4v) is 10.4. The van der Waals surface area contributed by atoms with Crippen molar-refractivity contribution < 1.29 is 33.5 Å². The summed E-state index contributed by atoms with van der Waals surface area (Å²) in [7, 11) is 0. The van der Waals surface area contributed by atoms with Gasteiger partial charge in [0.15, 0.2) is 0 Å². The number of thiol groups is 1. The largest absolute Gasteiger partial charge is 0.383 e. The lowest BCUT2D eigenvalue weighted by Crippen LogP contribution is -2.66. The third kappa shape index (κ3) is 13.2. The van der Waals surface area contributed by atoms with Gasteiger partial charge in [0.2, 0.25) is 23.6 Å². The first-order chi connectivity index (χ1) is 34.0. The number of carbonyl (C=O) groups excluding carboxylic acids is 6. The summed E-state index contributed by atoms with van der Waals surface area (Å²) in [6.45, 7) is 16.4. The molecule has 1 spiro atoms. The van der Waals surface area contributed by atoms with Gasteiger partial charge in [-0.05, 0) is 114 Å². The summed E-state index contributed by atoms with van der Waals surface area (Å²) >= 11 is 4.72. The Morgan fingerprint density at radius 3 is 2.42 bits per heavy atom. The predicted molar refractivity (Wildman–Crippen MR) is 276 cm³/mol. The Labute approximate surface area is 422 Å². The molecule has 6 heterocycles. The predicted octanol–water partition coefficient (Wildman–Crippen LogP) is 4.77. The number of fused-ring (bicyclic) bond motifs is 1. The van der Waals surface area contributed by atoms with Crippen LogP contribution in [0.5, 0.6) is 0 Å². The van der Waals surface area contributed by atoms with E-state index < -0.39 is 35.3 Å². The number of benzene rings is 2. The summed E-state index contributed by atoms with van der Waals surface area (Å²) in [4.78, 5) is 93.6. The number of ether oxygens (including phenoxy) is 1. The van der Waals surface area contributed by atoms with Gasteiger partial charge in [-0.2, -0.15) is 12.6 Å². The second-order valence-electron chi connectivity index (χ2n) is 21.3. The molecule has 0 bridgehead atoms. The molecule has 4 saturated heterocycles. The van der Waals surface area contributed by atoms with E-state index in [0.29, 0.717) is 69.6 Å². The van der Waals surface area contributed by atoms with E-state index in [4.69, 9.17) is 17.4 Å². The lowest BCUT2D eigenvalue weighted by atomic mass is 9.82. The Balaban J connectivity index is 0.695. The van der Waals surface area contributed by atoms with Gasteiger partial charge in [0.25, 0.3) is 11.8 Å². The maximum Gasteiger partial charge on any atom is 0.264 e. The van der Waals surface area contributed by atoms with Crippen molar-refractivity contribution in [2.24, 2.45) is 5.41 Å². The fourth-order valence-electron chi connectivity index (χ4n) is 10.2. The average Bonchev–Trinajstić information content (AvgIpc) is 3.59. The molecule has 71 heavy (non-hydrogen) atoms. The van der Waals surface area contributed by atoms with Crippen LogP contribution < -0.4 is 36.4 Å². The topological polar surface area (TPSA) is 211 Å². The number of hydrogen-bond donors (Lipinski definition) is 6. The second kappa shape index (κ2) is 22.3. The monoisotopic (exact) mass is 994 g/mol. The Bertz CT molecular complexity index is 2430. The molecule has 2 unspecified atom stereocenters. The van der Waals surface area contributed by atoms with E-state index in [9.17, 15) is 28.8 Å². The summed E-state index contributed by atoms with van der Waals surface area (Å²) in [6.07, 6.45) is 7.93. The van der Waals surface area contributed by atoms with Crippen molar-refractivity contribution >= 4 is 71.1 Å². The van der Waals surface area contributed by atoms with Crippen LogP contribution in [-0.2, 0) is 30.5 Å². The first kappa shape index (κ1) is 51.6. The van der Waals surface area contributed by atoms with Gasteiger partial charge in [-0.25, -0.2) is 9.97 Å². The van der Waals surface area contributed by atoms with Gasteiger partial charge in [-0.3, -0.25) is 43.9 Å². The van der Waals surface area contributed by atoms with E-state index in [1.807, 2.05) is 19.9 Å². The molecule has 382 valence electrons. The van der Waals surface area contributed by atoms with Crippen molar-refractivity contribution in [3.63, 3.8) is 0 Å². The molecule has 2 aromatic carbocycles. The van der Waals surface area contributed by atoms with Crippen LogP contribution in [0.25, 0.3) is 0 Å². The number of aromatic nitrogens is 2. The number of piperidine rings is 3. The molecule has 4 fully saturated rings. The Morgan fingerprint density at radius 1 is 0.915 bits per heavy atom. The van der Waals surface area contributed by atoms with Gasteiger partial charge in [0, 0.05) is 88.0 Å². The zero-order valence-electron chi connectivity index (χ0n) is 41.7. The number of carbonyl (C=O) groups is 6. The van der Waals surface area contributed by atoms with Crippen LogP contribution in [0, 0.1) is 5.41 Å². The number of rotatable bonds is 20. The smallest absolute Gasteiger partial charge is 0.264 e. The van der Waals surface area contributed by atoms with Gasteiger partial charge >= 0.3 is 0 Å². The molecular weight excluding hydrogens is 923 g/mol. The van der Waals surface area contributed by atoms with Crippen molar-refractivity contribution in [2.75, 3.05) is 85.9 Å². The Kier molecular flexibility index (Phi) is 16.2. The van der Waals surface area contributed by atoms with Crippen LogP contribution in [0.15, 0.2) is 54.9 Å². The number of imide groups is 2. The number of hydrogen-bond acceptors (Lipinski definition) is 15. The molecule has 3 aromatic rings. The number of nitrogens with zero attached hydrogens (tertiary/aromatic N) is 6. The molecule has 5 aliphatic heterocycles. The standard InChI is InChI=1S/C52H71N11O7S/c1-50(2)18-24-60(25-19-50)31-35-9-11-36(12-10-35)62-32-45(66)59-52(33-62)20-26-61(27-21-52)42-29-41(56-34-57-42)53-22-6-23-54-43(64)15-17-51(3,4)70-28-16-37(71)30-55-39-8-5-7-38-46(39)49(69)63(48(38)68)40-13-14-44(65)58-47(40)67/h5,7-12,29,34,37,40,55,71H,6,13-28,30-33H2,1-4H3,(H,54,64)(H,59,66)(H,53,56,57)(H,58,65,67). The summed E-state index contributed by atoms with van der Waals surface area (Å²) in [5, 5.41) is 15.0. The third-order valence-electron chi connectivity index (χ3n) is 14.7. The molecule has 5 aliphatic rings. The number of likely N-dealkylation sites (tertiary alicyclic amines) is 1. The SMILES string of the molecule is CC1(C)CCN(Cc2ccc(N3CC(=O)NC4(CCN(c5cc(NCCCNC(=O)CCC(C)(C)OCCC(S)CNc6cccc7c6C(=O)N(C6CCC(=O)NC6=O)C7=O)ncn5)CC4)C3)cc2)CC1. The van der Waals surface area contributed by atoms with Crippen LogP contribution in [-0.4, -0.2) is 143 Å². The lowest BCUT2D eigenvalue weighted by molar-refractivity contribution is -0.136. The zero-order chi connectivity index (χ0) is 50.3. The van der Waals surface area contributed by atoms with Gasteiger partial charge in [-0.15, -0.1) is 0 Å². The molecule has 0 saturated carbocycles. The van der Waals surface area contributed by atoms with E-state index in [2.05, 4.69) is 89.4 Å². The van der Waals surface area contributed by atoms with Gasteiger partial charge in [-0.1, -0.05) is 32.0 Å². The third-order valence-corrected chi connectivity index (χ3v) is 15.2. The van der Waals surface area contributed by atoms with Crippen molar-refractivity contribution in [2.45, 2.75) is 121 Å². The molecule has 2 atom stereocenters. The first-order valence-electron chi connectivity index (χ1n) is 25.3. The van der Waals surface area contributed by atoms with Crippen molar-refractivity contribution in [1.29, 1.82) is 0 Å². The quantitative estimate of drug-likeness (QED) is 0.0512. The fraction of sp³-hybridized carbons (Fsp3) is 0.577. The normalized spacial score (nSPS) is 20.7. The highest BCUT2D eigenvalue weighted by Gasteiger charge is 2.46. The van der Waals surface area contributed by atoms with E-state index in [1.54, 1.807) is 24.5 Å². The molecular formula is C52H71N11O7S. The first-order valence-corrected chi connectivity index (χ1v) is 25.8. The zero-order valence-corrected chi connectivity index (χ0v) is 42.6. The minimum Gasteiger partial charge on any atom is -0.383 e. The maximum absolute atomic E-state index is 13.4. The van der Waals surface area contributed by atoms with Crippen LogP contribution in [0.4, 0.5) is 23.0 Å². The van der Waals surface area contributed by atoms with Crippen LogP contribution in [0.1, 0.15) is 118 Å². The number of piperazine rings is 1. The van der Waals surface area contributed by atoms with E-state index in [0.717, 1.165) is 74.3 Å². The number of nitrogens with one attached hydrogen (secondary N) is 5. The molecule has 1 aromatic heterocycles. The summed E-state index contributed by atoms with van der Waals surface area (Å²) in [5.74, 6) is -0.624. The highest BCUT2D eigenvalue weighted by molar-refractivity contribution is 7.81. The maximum atomic E-state index is 13.4. The van der Waals surface area contributed by atoms with Crippen LogP contribution in [0.2, 0.25) is 0 Å². The molecule has 0 aliphatic carbocycles. The van der Waals surface area contributed by atoms with Crippen LogP contribution in [0.3, 0.4) is 0 Å². The molecule has 19 heteroatoms. The van der Waals surface area contributed by atoms with Gasteiger partial charge in [0.1, 0.15) is 24.0 Å². The molecule has 6 amide bonds. The molecule has 8 rings (SSSR count). The van der Waals surface area contributed by atoms with Crippen molar-refractivity contribution in [3.05, 3.63) is 71.5 Å². The minimum atomic E-state index is -1.03. The highest BCUT2D eigenvalue weighted by atomic mass is 32.1. The summed E-state index contributed by atoms with van der Waals surface area (Å²) in [6, 6.07) is 14.7. The molecule has 0 radical (unpaired) electrons. The average molecular weight is 994 g/mol. The minimum absolute atomic E-state index is 0.0486. The Hall–Kier alpha value is -5.79. The lowest BCUT2D eigenvalue weighted by Gasteiger charge is -2.48. The molecule has 18 nitrogen and oxygen atoms in total. The van der Waals surface area contributed by atoms with Gasteiger partial charge < -0.3 is 35.8 Å². The van der Waals surface area contributed by atoms with E-state index in [1.165, 1.54) is 18.4 Å². The van der Waals surface area contributed by atoms with E-state index in [-0.39, 0.29) is 46.6 Å².